The van der Waals surface area contributed by atoms with Crippen molar-refractivity contribution < 1.29 is 0 Å². The van der Waals surface area contributed by atoms with Crippen LogP contribution in [0.3, 0.4) is 0 Å². The molecule has 0 amide bonds. The van der Waals surface area contributed by atoms with E-state index < -0.39 is 0 Å². The van der Waals surface area contributed by atoms with Gasteiger partial charge in [0.25, 0.3) is 0 Å². The molecule has 0 fully saturated rings. The van der Waals surface area contributed by atoms with Crippen molar-refractivity contribution in [1.29, 1.82) is 0 Å². The van der Waals surface area contributed by atoms with Gasteiger partial charge in [0, 0.05) is 17.0 Å². The van der Waals surface area contributed by atoms with Crippen LogP contribution in [0.2, 0.25) is 10.0 Å². The summed E-state index contributed by atoms with van der Waals surface area (Å²) in [7, 11) is 0. The zero-order chi connectivity index (χ0) is 15.9. The third kappa shape index (κ3) is 2.90. The summed E-state index contributed by atoms with van der Waals surface area (Å²) in [5.41, 5.74) is 7.59. The minimum absolute atomic E-state index is 0.121. The molecule has 0 aliphatic heterocycles. The second kappa shape index (κ2) is 5.54. The Labute approximate surface area is 136 Å². The summed E-state index contributed by atoms with van der Waals surface area (Å²) in [5.74, 6) is 1.53. The number of nitrogen functional groups attached to an aromatic ring is 1. The van der Waals surface area contributed by atoms with E-state index in [1.165, 1.54) is 0 Å². The second-order valence-corrected chi connectivity index (χ2v) is 7.29. The zero-order valence-corrected chi connectivity index (χ0v) is 14.5. The zero-order valence-electron chi connectivity index (χ0n) is 13.0. The molecule has 0 aliphatic rings. The molecule has 0 spiro atoms. The molecule has 114 valence electrons. The average molecular weight is 326 g/mol. The van der Waals surface area contributed by atoms with Gasteiger partial charge in [-0.2, -0.15) is 0 Å². The largest absolute Gasteiger partial charge is 0.383 e. The third-order valence-corrected chi connectivity index (χ3v) is 3.96. The summed E-state index contributed by atoms with van der Waals surface area (Å²) < 4.78 is 2.05. The summed E-state index contributed by atoms with van der Waals surface area (Å²) in [6, 6.07) is 5.62. The molecule has 2 rings (SSSR count). The Hall–Kier alpha value is -1.19. The van der Waals surface area contributed by atoms with Crippen LogP contribution in [0.1, 0.15) is 46.5 Å². The fourth-order valence-electron chi connectivity index (χ4n) is 2.41. The highest BCUT2D eigenvalue weighted by Gasteiger charge is 2.28. The van der Waals surface area contributed by atoms with Crippen molar-refractivity contribution in [3.8, 4) is 11.3 Å². The first kappa shape index (κ1) is 16.2. The van der Waals surface area contributed by atoms with Crippen LogP contribution in [0.5, 0.6) is 0 Å². The molecule has 21 heavy (non-hydrogen) atoms. The van der Waals surface area contributed by atoms with E-state index in [9.17, 15) is 0 Å². The Morgan fingerprint density at radius 1 is 1.14 bits per heavy atom. The molecule has 2 aromatic rings. The number of aromatic nitrogens is 2. The smallest absolute Gasteiger partial charge is 0.132 e. The molecule has 0 bridgehead atoms. The number of hydrogen-bond acceptors (Lipinski definition) is 2. The number of halogens is 2. The van der Waals surface area contributed by atoms with Crippen LogP contribution in [-0.2, 0) is 5.41 Å². The Kier molecular flexibility index (Phi) is 4.27. The van der Waals surface area contributed by atoms with Crippen molar-refractivity contribution in [3.63, 3.8) is 0 Å². The van der Waals surface area contributed by atoms with Crippen molar-refractivity contribution in [2.75, 3.05) is 5.73 Å². The van der Waals surface area contributed by atoms with E-state index >= 15 is 0 Å². The molecule has 0 unspecified atom stereocenters. The number of imidazole rings is 1. The van der Waals surface area contributed by atoms with Crippen molar-refractivity contribution in [2.45, 2.75) is 46.1 Å². The molecule has 0 atom stereocenters. The van der Waals surface area contributed by atoms with Gasteiger partial charge in [0.05, 0.1) is 10.0 Å². The van der Waals surface area contributed by atoms with Crippen LogP contribution in [-0.4, -0.2) is 9.55 Å². The van der Waals surface area contributed by atoms with Crippen LogP contribution in [0.4, 0.5) is 5.82 Å². The Morgan fingerprint density at radius 3 is 2.05 bits per heavy atom. The lowest BCUT2D eigenvalue weighted by molar-refractivity contribution is 0.473. The van der Waals surface area contributed by atoms with E-state index in [0.29, 0.717) is 27.1 Å². The quantitative estimate of drug-likeness (QED) is 0.812. The lowest BCUT2D eigenvalue weighted by Crippen LogP contribution is -2.21. The number of benzene rings is 1. The fourth-order valence-corrected chi connectivity index (χ4v) is 2.98. The van der Waals surface area contributed by atoms with Gasteiger partial charge < -0.3 is 10.3 Å². The summed E-state index contributed by atoms with van der Waals surface area (Å²) in [6.07, 6.45) is 0. The summed E-state index contributed by atoms with van der Waals surface area (Å²) >= 11 is 12.6. The molecule has 1 aromatic heterocycles. The standard InChI is InChI=1S/C16H21Cl2N3/c1-9(2)21-14(19)13(20-15(21)16(3,4)5)12-10(17)7-6-8-11(12)18/h6-9H,19H2,1-5H3. The molecule has 0 radical (unpaired) electrons. The van der Waals surface area contributed by atoms with E-state index in [2.05, 4.69) is 39.2 Å². The van der Waals surface area contributed by atoms with Gasteiger partial charge in [0.1, 0.15) is 17.3 Å². The first-order chi connectivity index (χ1) is 9.64. The van der Waals surface area contributed by atoms with Crippen LogP contribution < -0.4 is 5.73 Å². The maximum absolute atomic E-state index is 6.35. The lowest BCUT2D eigenvalue weighted by Gasteiger charge is -2.22. The predicted octanol–water partition coefficient (Wildman–Crippen LogP) is 5.32. The van der Waals surface area contributed by atoms with E-state index in [1.54, 1.807) is 12.1 Å². The van der Waals surface area contributed by atoms with Gasteiger partial charge in [-0.3, -0.25) is 0 Å². The highest BCUT2D eigenvalue weighted by Crippen LogP contribution is 2.40. The van der Waals surface area contributed by atoms with Crippen molar-refractivity contribution in [1.82, 2.24) is 9.55 Å². The molecule has 0 saturated heterocycles. The van der Waals surface area contributed by atoms with E-state index in [1.807, 2.05) is 6.07 Å². The first-order valence-corrected chi connectivity index (χ1v) is 7.72. The summed E-state index contributed by atoms with van der Waals surface area (Å²) in [6.45, 7) is 10.5. The predicted molar refractivity (Wildman–Crippen MR) is 91.2 cm³/mol. The second-order valence-electron chi connectivity index (χ2n) is 6.48. The molecule has 1 heterocycles. The van der Waals surface area contributed by atoms with Crippen LogP contribution in [0.15, 0.2) is 18.2 Å². The molecule has 3 nitrogen and oxygen atoms in total. The molecular weight excluding hydrogens is 305 g/mol. The van der Waals surface area contributed by atoms with Crippen molar-refractivity contribution in [2.24, 2.45) is 0 Å². The van der Waals surface area contributed by atoms with Crippen LogP contribution >= 0.6 is 23.2 Å². The Morgan fingerprint density at radius 2 is 1.67 bits per heavy atom. The number of nitrogens with two attached hydrogens (primary N) is 1. The Balaban J connectivity index is 2.78. The van der Waals surface area contributed by atoms with Crippen LogP contribution in [0.25, 0.3) is 11.3 Å². The molecule has 0 saturated carbocycles. The highest BCUT2D eigenvalue weighted by atomic mass is 35.5. The van der Waals surface area contributed by atoms with Gasteiger partial charge in [0.15, 0.2) is 0 Å². The fraction of sp³-hybridized carbons (Fsp3) is 0.438. The monoisotopic (exact) mass is 325 g/mol. The van der Waals surface area contributed by atoms with Crippen LogP contribution in [0, 0.1) is 0 Å². The minimum Gasteiger partial charge on any atom is -0.383 e. The molecule has 5 heteroatoms. The topological polar surface area (TPSA) is 43.8 Å². The maximum atomic E-state index is 6.35. The van der Waals surface area contributed by atoms with Crippen molar-refractivity contribution >= 4 is 29.0 Å². The molecule has 1 aromatic carbocycles. The number of hydrogen-bond donors (Lipinski definition) is 1. The summed E-state index contributed by atoms with van der Waals surface area (Å²) in [5, 5.41) is 1.12. The lowest BCUT2D eigenvalue weighted by atomic mass is 9.95. The van der Waals surface area contributed by atoms with Crippen molar-refractivity contribution in [3.05, 3.63) is 34.1 Å². The number of anilines is 1. The Bertz CT molecular complexity index is 647. The maximum Gasteiger partial charge on any atom is 0.132 e. The third-order valence-electron chi connectivity index (χ3n) is 3.33. The van der Waals surface area contributed by atoms with E-state index in [4.69, 9.17) is 33.9 Å². The van der Waals surface area contributed by atoms with Gasteiger partial charge in [-0.1, -0.05) is 50.0 Å². The normalized spacial score (nSPS) is 12.2. The average Bonchev–Trinajstić information content (AvgIpc) is 2.67. The molecule has 2 N–H and O–H groups in total. The van der Waals surface area contributed by atoms with E-state index in [0.717, 1.165) is 5.82 Å². The van der Waals surface area contributed by atoms with E-state index in [-0.39, 0.29) is 11.5 Å². The number of nitrogens with zero attached hydrogens (tertiary/aromatic N) is 2. The molecular formula is C16H21Cl2N3. The van der Waals surface area contributed by atoms with Gasteiger partial charge in [0.2, 0.25) is 0 Å². The number of rotatable bonds is 2. The summed E-state index contributed by atoms with van der Waals surface area (Å²) in [4.78, 5) is 4.76. The van der Waals surface area contributed by atoms with Gasteiger partial charge in [-0.05, 0) is 26.0 Å². The van der Waals surface area contributed by atoms with Gasteiger partial charge in [-0.15, -0.1) is 0 Å². The van der Waals surface area contributed by atoms with Gasteiger partial charge >= 0.3 is 0 Å². The minimum atomic E-state index is -0.121. The van der Waals surface area contributed by atoms with Gasteiger partial charge in [-0.25, -0.2) is 4.98 Å². The first-order valence-electron chi connectivity index (χ1n) is 6.97. The highest BCUT2D eigenvalue weighted by molar-refractivity contribution is 6.39. The molecule has 0 aliphatic carbocycles. The SMILES string of the molecule is CC(C)n1c(C(C)(C)C)nc(-c2c(Cl)cccc2Cl)c1N.